The van der Waals surface area contributed by atoms with Crippen LogP contribution in [0.3, 0.4) is 0 Å². The maximum Gasteiger partial charge on any atom is 0.0453 e. The minimum Gasteiger partial charge on any atom is -0.320 e. The Morgan fingerprint density at radius 1 is 1.37 bits per heavy atom. The van der Waals surface area contributed by atoms with Crippen molar-refractivity contribution < 1.29 is 0 Å². The number of hydrogen-bond donors (Lipinski definition) is 1. The molecule has 0 radical (unpaired) electrons. The van der Waals surface area contributed by atoms with Gasteiger partial charge in [-0.2, -0.15) is 0 Å². The monoisotopic (exact) mass is 280 g/mol. The first-order chi connectivity index (χ1) is 9.20. The highest BCUT2D eigenvalue weighted by atomic mass is 35.5. The highest BCUT2D eigenvalue weighted by molar-refractivity contribution is 6.31. The van der Waals surface area contributed by atoms with E-state index in [9.17, 15) is 0 Å². The van der Waals surface area contributed by atoms with E-state index in [1.54, 1.807) is 0 Å². The molecular weight excluding hydrogens is 256 g/mol. The van der Waals surface area contributed by atoms with E-state index < -0.39 is 0 Å². The van der Waals surface area contributed by atoms with Crippen LogP contribution in [0.2, 0.25) is 5.02 Å². The fourth-order valence-electron chi connectivity index (χ4n) is 2.91. The van der Waals surface area contributed by atoms with Crippen molar-refractivity contribution in [3.8, 4) is 0 Å². The Labute approximate surface area is 122 Å². The molecule has 1 saturated heterocycles. The highest BCUT2D eigenvalue weighted by Crippen LogP contribution is 2.25. The molecule has 0 amide bonds. The number of rotatable bonds is 5. The minimum absolute atomic E-state index is 0.707. The molecule has 1 N–H and O–H groups in total. The lowest BCUT2D eigenvalue weighted by Gasteiger charge is -2.36. The Kier molecular flexibility index (Phi) is 5.68. The summed E-state index contributed by atoms with van der Waals surface area (Å²) in [6, 6.07) is 7.12. The van der Waals surface area contributed by atoms with E-state index in [-0.39, 0.29) is 0 Å². The number of aryl methyl sites for hydroxylation is 1. The lowest BCUT2D eigenvalue weighted by atomic mass is 9.98. The van der Waals surface area contributed by atoms with Gasteiger partial charge in [-0.1, -0.05) is 30.2 Å². The maximum absolute atomic E-state index is 6.36. The number of nitrogens with one attached hydrogen (secondary N) is 1. The molecule has 106 valence electrons. The van der Waals surface area contributed by atoms with Gasteiger partial charge >= 0.3 is 0 Å². The van der Waals surface area contributed by atoms with Crippen LogP contribution in [0.15, 0.2) is 18.2 Å². The summed E-state index contributed by atoms with van der Waals surface area (Å²) in [6.45, 7) is 5.39. The van der Waals surface area contributed by atoms with Gasteiger partial charge < -0.3 is 5.32 Å². The smallest absolute Gasteiger partial charge is 0.0453 e. The fraction of sp³-hybridized carbons (Fsp3) is 0.625. The topological polar surface area (TPSA) is 15.3 Å². The molecule has 3 heteroatoms. The van der Waals surface area contributed by atoms with Gasteiger partial charge in [0.25, 0.3) is 0 Å². The molecule has 0 aromatic heterocycles. The molecule has 1 aromatic rings. The molecular formula is C16H25ClN2. The molecule has 1 aliphatic rings. The molecule has 1 fully saturated rings. The quantitative estimate of drug-likeness (QED) is 0.886. The first-order valence-electron chi connectivity index (χ1n) is 7.34. The standard InChI is InChI=1S/C16H25ClN2/c1-13-6-7-14(16(17)11-13)12-19-10-4-3-5-15(19)8-9-18-2/h6-7,11,15,18H,3-5,8-10,12H2,1-2H3. The number of nitrogens with zero attached hydrogens (tertiary/aromatic N) is 1. The summed E-state index contributed by atoms with van der Waals surface area (Å²) in [5.74, 6) is 0. The molecule has 0 saturated carbocycles. The zero-order valence-electron chi connectivity index (χ0n) is 12.1. The van der Waals surface area contributed by atoms with Crippen molar-refractivity contribution >= 4 is 11.6 Å². The van der Waals surface area contributed by atoms with Crippen LogP contribution in [-0.2, 0) is 6.54 Å². The summed E-state index contributed by atoms with van der Waals surface area (Å²) < 4.78 is 0. The second-order valence-corrected chi connectivity index (χ2v) is 6.01. The second kappa shape index (κ2) is 7.28. The molecule has 0 aliphatic carbocycles. The zero-order valence-corrected chi connectivity index (χ0v) is 12.8. The number of piperidine rings is 1. The summed E-state index contributed by atoms with van der Waals surface area (Å²) in [5, 5.41) is 4.18. The van der Waals surface area contributed by atoms with Crippen molar-refractivity contribution in [2.24, 2.45) is 0 Å². The van der Waals surface area contributed by atoms with Gasteiger partial charge in [-0.25, -0.2) is 0 Å². The van der Waals surface area contributed by atoms with Crippen LogP contribution < -0.4 is 5.32 Å². The van der Waals surface area contributed by atoms with Crippen LogP contribution in [-0.4, -0.2) is 31.1 Å². The van der Waals surface area contributed by atoms with E-state index in [2.05, 4.69) is 35.3 Å². The van der Waals surface area contributed by atoms with Crippen molar-refractivity contribution in [1.82, 2.24) is 10.2 Å². The summed E-state index contributed by atoms with van der Waals surface area (Å²) >= 11 is 6.36. The Morgan fingerprint density at radius 3 is 2.95 bits per heavy atom. The number of halogens is 1. The van der Waals surface area contributed by atoms with E-state index in [0.29, 0.717) is 6.04 Å². The van der Waals surface area contributed by atoms with Crippen molar-refractivity contribution in [3.63, 3.8) is 0 Å². The fourth-order valence-corrected chi connectivity index (χ4v) is 3.20. The van der Waals surface area contributed by atoms with Crippen molar-refractivity contribution in [1.29, 1.82) is 0 Å². The van der Waals surface area contributed by atoms with Gasteiger partial charge in [0.1, 0.15) is 0 Å². The third-order valence-electron chi connectivity index (χ3n) is 4.06. The normalized spacial score (nSPS) is 20.7. The predicted molar refractivity (Wildman–Crippen MR) is 82.8 cm³/mol. The van der Waals surface area contributed by atoms with E-state index in [4.69, 9.17) is 11.6 Å². The van der Waals surface area contributed by atoms with Gasteiger partial charge in [0.05, 0.1) is 0 Å². The average Bonchev–Trinajstić information content (AvgIpc) is 2.41. The van der Waals surface area contributed by atoms with E-state index in [1.807, 2.05) is 7.05 Å². The molecule has 0 spiro atoms. The molecule has 1 aliphatic heterocycles. The van der Waals surface area contributed by atoms with Crippen molar-refractivity contribution in [2.75, 3.05) is 20.1 Å². The molecule has 1 aromatic carbocycles. The first-order valence-corrected chi connectivity index (χ1v) is 7.72. The van der Waals surface area contributed by atoms with Crippen molar-refractivity contribution in [3.05, 3.63) is 34.3 Å². The van der Waals surface area contributed by atoms with Gasteiger partial charge in [-0.15, -0.1) is 0 Å². The number of hydrogen-bond acceptors (Lipinski definition) is 2. The van der Waals surface area contributed by atoms with Crippen LogP contribution in [0.1, 0.15) is 36.8 Å². The highest BCUT2D eigenvalue weighted by Gasteiger charge is 2.22. The average molecular weight is 281 g/mol. The third-order valence-corrected chi connectivity index (χ3v) is 4.41. The van der Waals surface area contributed by atoms with Gasteiger partial charge in [-0.3, -0.25) is 4.90 Å². The minimum atomic E-state index is 0.707. The summed E-state index contributed by atoms with van der Waals surface area (Å²) in [5.41, 5.74) is 2.50. The third kappa shape index (κ3) is 4.20. The SMILES string of the molecule is CNCCC1CCCCN1Cc1ccc(C)cc1Cl. The molecule has 1 atom stereocenters. The molecule has 19 heavy (non-hydrogen) atoms. The summed E-state index contributed by atoms with van der Waals surface area (Å²) in [6.07, 6.45) is 5.25. The Hall–Kier alpha value is -0.570. The van der Waals surface area contributed by atoms with Gasteiger partial charge in [0, 0.05) is 17.6 Å². The van der Waals surface area contributed by atoms with Gasteiger partial charge in [0.2, 0.25) is 0 Å². The van der Waals surface area contributed by atoms with Crippen LogP contribution >= 0.6 is 11.6 Å². The Morgan fingerprint density at radius 2 is 2.21 bits per heavy atom. The van der Waals surface area contributed by atoms with Crippen LogP contribution in [0.4, 0.5) is 0 Å². The lowest BCUT2D eigenvalue weighted by Crippen LogP contribution is -2.40. The van der Waals surface area contributed by atoms with E-state index in [1.165, 1.54) is 43.4 Å². The predicted octanol–water partition coefficient (Wildman–Crippen LogP) is 3.61. The largest absolute Gasteiger partial charge is 0.320 e. The molecule has 0 bridgehead atoms. The van der Waals surface area contributed by atoms with E-state index >= 15 is 0 Å². The first kappa shape index (κ1) is 14.8. The molecule has 2 rings (SSSR count). The van der Waals surface area contributed by atoms with E-state index in [0.717, 1.165) is 18.1 Å². The summed E-state index contributed by atoms with van der Waals surface area (Å²) in [7, 11) is 2.03. The van der Waals surface area contributed by atoms with Crippen molar-refractivity contribution in [2.45, 2.75) is 45.2 Å². The molecule has 2 nitrogen and oxygen atoms in total. The van der Waals surface area contributed by atoms with Crippen LogP contribution in [0.25, 0.3) is 0 Å². The number of likely N-dealkylation sites (tertiary alicyclic amines) is 1. The number of benzene rings is 1. The van der Waals surface area contributed by atoms with Gasteiger partial charge in [0.15, 0.2) is 0 Å². The van der Waals surface area contributed by atoms with Crippen LogP contribution in [0.5, 0.6) is 0 Å². The Bertz CT molecular complexity index is 406. The second-order valence-electron chi connectivity index (χ2n) is 5.61. The van der Waals surface area contributed by atoms with Crippen LogP contribution in [0, 0.1) is 6.92 Å². The maximum atomic E-state index is 6.36. The lowest BCUT2D eigenvalue weighted by molar-refractivity contribution is 0.132. The Balaban J connectivity index is 2.02. The van der Waals surface area contributed by atoms with Gasteiger partial charge in [-0.05, 0) is 63.5 Å². The summed E-state index contributed by atoms with van der Waals surface area (Å²) in [4.78, 5) is 2.61. The molecule has 1 heterocycles. The zero-order chi connectivity index (χ0) is 13.7. The molecule has 1 unspecified atom stereocenters.